The minimum Gasteiger partial charge on any atom is -0.205 e. The van der Waals surface area contributed by atoms with Crippen molar-refractivity contribution in [1.82, 2.24) is 0 Å². The van der Waals surface area contributed by atoms with Crippen LogP contribution < -0.4 is 0 Å². The van der Waals surface area contributed by atoms with Gasteiger partial charge in [0.15, 0.2) is 0 Å². The van der Waals surface area contributed by atoms with E-state index in [4.69, 9.17) is 11.6 Å². The topological polar surface area (TPSA) is 0 Å². The zero-order valence-corrected chi connectivity index (χ0v) is 20.6. The summed E-state index contributed by atoms with van der Waals surface area (Å²) in [5.41, 5.74) is 6.26. The zero-order chi connectivity index (χ0) is 23.0. The standard InChI is InChI=1S/C31H36ClF/c1-2-3-23-4-6-24(7-5-23)8-9-25-10-12-26(13-11-25)14-15-27-16-18-28(19-17-27)29-20-21-30(32)31(33)22-29/h4-7,16-22,25-26H,2-3,8-15H2,1H3. The molecule has 0 amide bonds. The van der Waals surface area contributed by atoms with E-state index in [1.807, 2.05) is 6.07 Å². The minimum atomic E-state index is -0.362. The third-order valence-corrected chi connectivity index (χ3v) is 7.72. The summed E-state index contributed by atoms with van der Waals surface area (Å²) in [6, 6.07) is 22.9. The van der Waals surface area contributed by atoms with Gasteiger partial charge in [-0.15, -0.1) is 0 Å². The van der Waals surface area contributed by atoms with Gasteiger partial charge in [0.05, 0.1) is 5.02 Å². The van der Waals surface area contributed by atoms with E-state index in [0.29, 0.717) is 0 Å². The molecule has 1 aliphatic rings. The van der Waals surface area contributed by atoms with Gasteiger partial charge in [0, 0.05) is 0 Å². The van der Waals surface area contributed by atoms with Crippen molar-refractivity contribution in [3.63, 3.8) is 0 Å². The molecule has 174 valence electrons. The molecule has 3 aromatic carbocycles. The largest absolute Gasteiger partial charge is 0.205 e. The van der Waals surface area contributed by atoms with Gasteiger partial charge in [-0.05, 0) is 83.9 Å². The number of halogens is 2. The van der Waals surface area contributed by atoms with E-state index in [-0.39, 0.29) is 10.8 Å². The molecule has 0 saturated heterocycles. The Morgan fingerprint density at radius 2 is 1.12 bits per heavy atom. The van der Waals surface area contributed by atoms with Gasteiger partial charge in [-0.1, -0.05) is 105 Å². The van der Waals surface area contributed by atoms with E-state index in [9.17, 15) is 4.39 Å². The molecule has 3 aromatic rings. The van der Waals surface area contributed by atoms with Crippen molar-refractivity contribution in [1.29, 1.82) is 0 Å². The summed E-state index contributed by atoms with van der Waals surface area (Å²) in [4.78, 5) is 0. The first-order valence-corrected chi connectivity index (χ1v) is 13.1. The molecule has 0 unspecified atom stereocenters. The maximum absolute atomic E-state index is 13.7. The van der Waals surface area contributed by atoms with Crippen LogP contribution in [-0.4, -0.2) is 0 Å². The number of aryl methyl sites for hydroxylation is 3. The molecule has 0 nitrogen and oxygen atoms in total. The summed E-state index contributed by atoms with van der Waals surface area (Å²) >= 11 is 5.80. The zero-order valence-electron chi connectivity index (χ0n) is 19.8. The molecule has 0 aliphatic heterocycles. The number of rotatable bonds is 9. The van der Waals surface area contributed by atoms with Crippen molar-refractivity contribution in [2.45, 2.75) is 71.1 Å². The molecule has 0 N–H and O–H groups in total. The van der Waals surface area contributed by atoms with Crippen molar-refractivity contribution in [3.8, 4) is 11.1 Å². The van der Waals surface area contributed by atoms with Crippen LogP contribution >= 0.6 is 11.6 Å². The number of benzene rings is 3. The summed E-state index contributed by atoms with van der Waals surface area (Å²) in [6.45, 7) is 2.24. The Morgan fingerprint density at radius 1 is 0.667 bits per heavy atom. The predicted octanol–water partition coefficient (Wildman–Crippen LogP) is 9.47. The lowest BCUT2D eigenvalue weighted by atomic mass is 9.77. The normalized spacial score (nSPS) is 18.4. The second-order valence-corrected chi connectivity index (χ2v) is 10.3. The summed E-state index contributed by atoms with van der Waals surface area (Å²) in [5.74, 6) is 1.40. The van der Waals surface area contributed by atoms with Crippen LogP contribution in [0.15, 0.2) is 66.7 Å². The quantitative estimate of drug-likeness (QED) is 0.297. The van der Waals surface area contributed by atoms with Crippen LogP contribution in [0.5, 0.6) is 0 Å². The third kappa shape index (κ3) is 6.93. The highest BCUT2D eigenvalue weighted by Crippen LogP contribution is 2.34. The highest BCUT2D eigenvalue weighted by molar-refractivity contribution is 6.30. The Balaban J connectivity index is 1.18. The van der Waals surface area contributed by atoms with Gasteiger partial charge in [-0.25, -0.2) is 4.39 Å². The summed E-state index contributed by atoms with van der Waals surface area (Å²) in [6.07, 6.45) is 12.9. The number of hydrogen-bond donors (Lipinski definition) is 0. The van der Waals surface area contributed by atoms with Crippen LogP contribution in [-0.2, 0) is 19.3 Å². The van der Waals surface area contributed by atoms with Gasteiger partial charge in [0.25, 0.3) is 0 Å². The van der Waals surface area contributed by atoms with E-state index in [2.05, 4.69) is 55.5 Å². The lowest BCUT2D eigenvalue weighted by Gasteiger charge is -2.28. The van der Waals surface area contributed by atoms with Crippen LogP contribution in [0.4, 0.5) is 4.39 Å². The highest BCUT2D eigenvalue weighted by Gasteiger charge is 2.21. The third-order valence-electron chi connectivity index (χ3n) is 7.42. The molecule has 1 saturated carbocycles. The predicted molar refractivity (Wildman–Crippen MR) is 139 cm³/mol. The Hall–Kier alpha value is -2.12. The van der Waals surface area contributed by atoms with Gasteiger partial charge >= 0.3 is 0 Å². The molecule has 4 rings (SSSR count). The van der Waals surface area contributed by atoms with Crippen molar-refractivity contribution >= 4 is 11.6 Å². The molecule has 0 atom stereocenters. The molecule has 1 aliphatic carbocycles. The molecule has 0 radical (unpaired) electrons. The van der Waals surface area contributed by atoms with Gasteiger partial charge in [0.1, 0.15) is 5.82 Å². The average Bonchev–Trinajstić information content (AvgIpc) is 2.85. The second-order valence-electron chi connectivity index (χ2n) is 9.86. The summed E-state index contributed by atoms with van der Waals surface area (Å²) < 4.78 is 13.7. The van der Waals surface area contributed by atoms with Gasteiger partial charge in [-0.3, -0.25) is 0 Å². The molecule has 0 aromatic heterocycles. The molecule has 33 heavy (non-hydrogen) atoms. The molecular weight excluding hydrogens is 427 g/mol. The van der Waals surface area contributed by atoms with Gasteiger partial charge in [-0.2, -0.15) is 0 Å². The average molecular weight is 463 g/mol. The Kier molecular flexibility index (Phi) is 8.62. The summed E-state index contributed by atoms with van der Waals surface area (Å²) in [5, 5.41) is 0.172. The maximum Gasteiger partial charge on any atom is 0.142 e. The Bertz CT molecular complexity index is 998. The van der Waals surface area contributed by atoms with Gasteiger partial charge in [0.2, 0.25) is 0 Å². The number of hydrogen-bond acceptors (Lipinski definition) is 0. The SMILES string of the molecule is CCCc1ccc(CCC2CCC(CCc3ccc(-c4ccc(Cl)c(F)c4)cc3)CC2)cc1. The van der Waals surface area contributed by atoms with E-state index >= 15 is 0 Å². The van der Waals surface area contributed by atoms with Crippen LogP contribution in [0.2, 0.25) is 5.02 Å². The van der Waals surface area contributed by atoms with E-state index in [0.717, 1.165) is 29.4 Å². The van der Waals surface area contributed by atoms with Crippen LogP contribution in [0.25, 0.3) is 11.1 Å². The first kappa shape index (κ1) is 24.0. The fraction of sp³-hybridized carbons (Fsp3) is 0.419. The second kappa shape index (κ2) is 11.8. The smallest absolute Gasteiger partial charge is 0.142 e. The van der Waals surface area contributed by atoms with E-state index in [1.165, 1.54) is 80.5 Å². The van der Waals surface area contributed by atoms with Crippen molar-refractivity contribution in [2.24, 2.45) is 11.8 Å². The molecule has 1 fully saturated rings. The van der Waals surface area contributed by atoms with Crippen LogP contribution in [0.3, 0.4) is 0 Å². The van der Waals surface area contributed by atoms with Crippen molar-refractivity contribution in [3.05, 3.63) is 94.3 Å². The monoisotopic (exact) mass is 462 g/mol. The fourth-order valence-electron chi connectivity index (χ4n) is 5.25. The first-order chi connectivity index (χ1) is 16.1. The van der Waals surface area contributed by atoms with Crippen LogP contribution in [0.1, 0.15) is 68.6 Å². The summed E-state index contributed by atoms with van der Waals surface area (Å²) in [7, 11) is 0. The molecule has 0 heterocycles. The first-order valence-electron chi connectivity index (χ1n) is 12.7. The van der Waals surface area contributed by atoms with E-state index < -0.39 is 0 Å². The van der Waals surface area contributed by atoms with Gasteiger partial charge < -0.3 is 0 Å². The Labute approximate surface area is 204 Å². The molecule has 0 spiro atoms. The molecular formula is C31H36ClF. The maximum atomic E-state index is 13.7. The molecule has 2 heteroatoms. The minimum absolute atomic E-state index is 0.172. The Morgan fingerprint density at radius 3 is 1.61 bits per heavy atom. The van der Waals surface area contributed by atoms with Crippen molar-refractivity contribution < 1.29 is 4.39 Å². The molecule has 0 bridgehead atoms. The van der Waals surface area contributed by atoms with E-state index in [1.54, 1.807) is 6.07 Å². The highest BCUT2D eigenvalue weighted by atomic mass is 35.5. The lowest BCUT2D eigenvalue weighted by molar-refractivity contribution is 0.253. The van der Waals surface area contributed by atoms with Crippen LogP contribution in [0, 0.1) is 17.7 Å². The lowest BCUT2D eigenvalue weighted by Crippen LogP contribution is -2.15. The fourth-order valence-corrected chi connectivity index (χ4v) is 5.37. The van der Waals surface area contributed by atoms with Crippen molar-refractivity contribution in [2.75, 3.05) is 0 Å².